The maximum Gasteiger partial charge on any atom is 0.221 e. The Morgan fingerprint density at radius 1 is 1.15 bits per heavy atom. The van der Waals surface area contributed by atoms with E-state index in [9.17, 15) is 4.79 Å². The lowest BCUT2D eigenvalue weighted by atomic mass is 9.97. The standard InChI is InChI=1S/C21H16ClN3O2/c22-14-5-3-4-13(10-14)17-7-8-18(27-17)15-11-20(26)23-12-16-21(15)25-9-2-1-6-19(25)24-16/h1-10,15H,11-12H2,(H,23,26)/t15-/m0/s1. The van der Waals surface area contributed by atoms with Crippen molar-refractivity contribution in [2.24, 2.45) is 0 Å². The highest BCUT2D eigenvalue weighted by molar-refractivity contribution is 6.30. The van der Waals surface area contributed by atoms with Gasteiger partial charge in [-0.15, -0.1) is 0 Å². The Balaban J connectivity index is 1.63. The molecular formula is C21H16ClN3O2. The molecule has 0 spiro atoms. The third kappa shape index (κ3) is 2.80. The van der Waals surface area contributed by atoms with E-state index in [1.54, 1.807) is 0 Å². The van der Waals surface area contributed by atoms with E-state index in [1.807, 2.05) is 65.2 Å². The average molecular weight is 378 g/mol. The molecule has 3 aromatic heterocycles. The van der Waals surface area contributed by atoms with Gasteiger partial charge in [0.1, 0.15) is 17.2 Å². The number of rotatable bonds is 2. The molecule has 4 aromatic rings. The molecule has 0 unspecified atom stereocenters. The summed E-state index contributed by atoms with van der Waals surface area (Å²) in [6.45, 7) is 0.425. The van der Waals surface area contributed by atoms with Crippen molar-refractivity contribution in [3.05, 3.63) is 83.0 Å². The maximum absolute atomic E-state index is 12.3. The van der Waals surface area contributed by atoms with Crippen LogP contribution in [0.4, 0.5) is 0 Å². The predicted octanol–water partition coefficient (Wildman–Crippen LogP) is 4.40. The van der Waals surface area contributed by atoms with Gasteiger partial charge in [0.2, 0.25) is 5.91 Å². The number of carbonyl (C=O) groups is 1. The van der Waals surface area contributed by atoms with Gasteiger partial charge in [0, 0.05) is 23.2 Å². The largest absolute Gasteiger partial charge is 0.460 e. The molecular weight excluding hydrogens is 362 g/mol. The summed E-state index contributed by atoms with van der Waals surface area (Å²) in [5.41, 5.74) is 3.64. The monoisotopic (exact) mass is 377 g/mol. The molecule has 0 aliphatic carbocycles. The van der Waals surface area contributed by atoms with Crippen molar-refractivity contribution in [1.82, 2.24) is 14.7 Å². The Hall–Kier alpha value is -3.05. The van der Waals surface area contributed by atoms with Crippen LogP contribution in [0.25, 0.3) is 17.0 Å². The van der Waals surface area contributed by atoms with Crippen LogP contribution in [0.3, 0.4) is 0 Å². The van der Waals surface area contributed by atoms with E-state index in [4.69, 9.17) is 16.0 Å². The van der Waals surface area contributed by atoms with Crippen molar-refractivity contribution in [3.8, 4) is 11.3 Å². The second-order valence-corrected chi connectivity index (χ2v) is 7.05. The Labute approximate surface area is 160 Å². The van der Waals surface area contributed by atoms with Crippen LogP contribution in [0.5, 0.6) is 0 Å². The van der Waals surface area contributed by atoms with E-state index in [2.05, 4.69) is 10.3 Å². The van der Waals surface area contributed by atoms with E-state index in [0.29, 0.717) is 18.0 Å². The van der Waals surface area contributed by atoms with E-state index in [-0.39, 0.29) is 11.8 Å². The normalized spacial score (nSPS) is 16.8. The number of imidazole rings is 1. The van der Waals surface area contributed by atoms with E-state index in [1.165, 1.54) is 0 Å². The second kappa shape index (κ2) is 6.28. The van der Waals surface area contributed by atoms with E-state index >= 15 is 0 Å². The minimum Gasteiger partial charge on any atom is -0.460 e. The number of hydrogen-bond acceptors (Lipinski definition) is 3. The second-order valence-electron chi connectivity index (χ2n) is 6.62. The first-order chi connectivity index (χ1) is 13.2. The number of amides is 1. The molecule has 0 saturated heterocycles. The molecule has 5 rings (SSSR count). The van der Waals surface area contributed by atoms with E-state index < -0.39 is 0 Å². The molecule has 1 N–H and O–H groups in total. The van der Waals surface area contributed by atoms with Gasteiger partial charge >= 0.3 is 0 Å². The van der Waals surface area contributed by atoms with Crippen LogP contribution >= 0.6 is 11.6 Å². The molecule has 1 amide bonds. The minimum atomic E-state index is -0.201. The summed E-state index contributed by atoms with van der Waals surface area (Å²) in [7, 11) is 0. The van der Waals surface area contributed by atoms with Gasteiger partial charge in [0.15, 0.2) is 0 Å². The average Bonchev–Trinajstić information content (AvgIpc) is 3.26. The molecule has 5 nitrogen and oxygen atoms in total. The summed E-state index contributed by atoms with van der Waals surface area (Å²) < 4.78 is 8.21. The number of benzene rings is 1. The number of hydrogen-bond donors (Lipinski definition) is 1. The highest BCUT2D eigenvalue weighted by Gasteiger charge is 2.30. The molecule has 6 heteroatoms. The van der Waals surface area contributed by atoms with Crippen molar-refractivity contribution >= 4 is 23.2 Å². The summed E-state index contributed by atoms with van der Waals surface area (Å²) in [4.78, 5) is 17.0. The molecule has 0 fully saturated rings. The Bertz CT molecular complexity index is 1160. The molecule has 1 aliphatic rings. The van der Waals surface area contributed by atoms with Gasteiger partial charge in [0.05, 0.1) is 23.9 Å². The lowest BCUT2D eigenvalue weighted by Gasteiger charge is -2.12. The Kier molecular flexibility index (Phi) is 3.76. The van der Waals surface area contributed by atoms with Crippen LogP contribution in [0.1, 0.15) is 29.5 Å². The van der Waals surface area contributed by atoms with Gasteiger partial charge in [-0.3, -0.25) is 4.79 Å². The summed E-state index contributed by atoms with van der Waals surface area (Å²) >= 11 is 6.10. The molecule has 1 aliphatic heterocycles. The topological polar surface area (TPSA) is 59.5 Å². The zero-order valence-electron chi connectivity index (χ0n) is 14.4. The number of carbonyl (C=O) groups excluding carboxylic acids is 1. The smallest absolute Gasteiger partial charge is 0.221 e. The van der Waals surface area contributed by atoms with Crippen molar-refractivity contribution in [2.75, 3.05) is 0 Å². The number of nitrogens with one attached hydrogen (secondary N) is 1. The quantitative estimate of drug-likeness (QED) is 0.563. The first-order valence-corrected chi connectivity index (χ1v) is 9.15. The van der Waals surface area contributed by atoms with Gasteiger partial charge in [-0.25, -0.2) is 4.98 Å². The molecule has 1 aromatic carbocycles. The Morgan fingerprint density at radius 2 is 2.07 bits per heavy atom. The fourth-order valence-corrected chi connectivity index (χ4v) is 3.86. The van der Waals surface area contributed by atoms with E-state index in [0.717, 1.165) is 34.1 Å². The zero-order valence-corrected chi connectivity index (χ0v) is 15.1. The van der Waals surface area contributed by atoms with Crippen molar-refractivity contribution in [2.45, 2.75) is 18.9 Å². The molecule has 0 bridgehead atoms. The fourth-order valence-electron chi connectivity index (χ4n) is 3.67. The number of furan rings is 1. The minimum absolute atomic E-state index is 0.0108. The van der Waals surface area contributed by atoms with Crippen molar-refractivity contribution in [1.29, 1.82) is 0 Å². The number of nitrogens with zero attached hydrogens (tertiary/aromatic N) is 2. The number of fused-ring (bicyclic) bond motifs is 3. The third-order valence-corrected chi connectivity index (χ3v) is 5.13. The van der Waals surface area contributed by atoms with Crippen LogP contribution in [-0.4, -0.2) is 15.3 Å². The van der Waals surface area contributed by atoms with Crippen molar-refractivity contribution < 1.29 is 9.21 Å². The summed E-state index contributed by atoms with van der Waals surface area (Å²) in [5.74, 6) is 1.26. The fraction of sp³-hybridized carbons (Fsp3) is 0.143. The maximum atomic E-state index is 12.3. The van der Waals surface area contributed by atoms with Gasteiger partial charge in [-0.2, -0.15) is 0 Å². The summed E-state index contributed by atoms with van der Waals surface area (Å²) in [6.07, 6.45) is 2.29. The number of pyridine rings is 1. The van der Waals surface area contributed by atoms with Gasteiger partial charge in [0.25, 0.3) is 0 Å². The first-order valence-electron chi connectivity index (χ1n) is 8.77. The molecule has 134 valence electrons. The molecule has 27 heavy (non-hydrogen) atoms. The van der Waals surface area contributed by atoms with Gasteiger partial charge < -0.3 is 14.1 Å². The Morgan fingerprint density at radius 3 is 2.96 bits per heavy atom. The highest BCUT2D eigenvalue weighted by Crippen LogP contribution is 2.36. The van der Waals surface area contributed by atoms with Crippen LogP contribution in [0.15, 0.2) is 65.2 Å². The third-order valence-electron chi connectivity index (χ3n) is 4.90. The van der Waals surface area contributed by atoms with Crippen LogP contribution in [0.2, 0.25) is 5.02 Å². The molecule has 1 atom stereocenters. The number of aromatic nitrogens is 2. The van der Waals surface area contributed by atoms with Gasteiger partial charge in [-0.1, -0.05) is 29.8 Å². The lowest BCUT2D eigenvalue weighted by molar-refractivity contribution is -0.121. The molecule has 4 heterocycles. The summed E-state index contributed by atoms with van der Waals surface area (Å²) in [5, 5.41) is 3.59. The van der Waals surface area contributed by atoms with Crippen LogP contribution in [0, 0.1) is 0 Å². The van der Waals surface area contributed by atoms with Crippen molar-refractivity contribution in [3.63, 3.8) is 0 Å². The highest BCUT2D eigenvalue weighted by atomic mass is 35.5. The van der Waals surface area contributed by atoms with Gasteiger partial charge in [-0.05, 0) is 36.4 Å². The number of halogens is 1. The first kappa shape index (κ1) is 16.1. The summed E-state index contributed by atoms with van der Waals surface area (Å²) in [6, 6.07) is 17.3. The van der Waals surface area contributed by atoms with Crippen LogP contribution < -0.4 is 5.32 Å². The predicted molar refractivity (Wildman–Crippen MR) is 103 cm³/mol. The van der Waals surface area contributed by atoms with Crippen LogP contribution in [-0.2, 0) is 11.3 Å². The molecule has 0 saturated carbocycles. The SMILES string of the molecule is O=C1C[C@@H](c2ccc(-c3cccc(Cl)c3)o2)c2c(nc3ccccn23)CN1. The zero-order chi connectivity index (χ0) is 18.4. The lowest BCUT2D eigenvalue weighted by Crippen LogP contribution is -2.21. The molecule has 0 radical (unpaired) electrons.